The minimum atomic E-state index is -3.08. The molecule has 1 unspecified atom stereocenters. The molecule has 2 aromatic carbocycles. The van der Waals surface area contributed by atoms with Crippen LogP contribution in [0.15, 0.2) is 42.5 Å². The van der Waals surface area contributed by atoms with Gasteiger partial charge in [0.15, 0.2) is 0 Å². The average Bonchev–Trinajstić information content (AvgIpc) is 3.33. The van der Waals surface area contributed by atoms with Crippen molar-refractivity contribution in [3.63, 3.8) is 0 Å². The highest BCUT2D eigenvalue weighted by molar-refractivity contribution is 5.98. The number of nitrogens with zero attached hydrogens (tertiary/aromatic N) is 1. The monoisotopic (exact) mass is 414 g/mol. The van der Waals surface area contributed by atoms with E-state index in [-0.39, 0.29) is 41.3 Å². The van der Waals surface area contributed by atoms with Crippen LogP contribution in [0.25, 0.3) is 11.1 Å². The highest BCUT2D eigenvalue weighted by Gasteiger charge is 2.44. The first kappa shape index (κ1) is 20.5. The Kier molecular flexibility index (Phi) is 5.32. The first-order valence-corrected chi connectivity index (χ1v) is 10.1. The Bertz CT molecular complexity index is 992. The van der Waals surface area contributed by atoms with Gasteiger partial charge in [-0.05, 0) is 43.0 Å². The van der Waals surface area contributed by atoms with E-state index in [1.54, 1.807) is 30.2 Å². The second-order valence-electron chi connectivity index (χ2n) is 7.80. The second kappa shape index (κ2) is 7.80. The molecule has 0 aromatic heterocycles. The van der Waals surface area contributed by atoms with Gasteiger partial charge in [-0.25, -0.2) is 0 Å². The maximum absolute atomic E-state index is 14.7. The fourth-order valence-corrected chi connectivity index (χ4v) is 4.43. The largest absolute Gasteiger partial charge is 0.380 e. The molecule has 0 spiro atoms. The first-order chi connectivity index (χ1) is 14.3. The van der Waals surface area contributed by atoms with Crippen molar-refractivity contribution in [2.45, 2.75) is 37.8 Å². The molecule has 2 aliphatic rings. The topological polar surface area (TPSA) is 58.6 Å². The highest BCUT2D eigenvalue weighted by atomic mass is 19.3. The third kappa shape index (κ3) is 3.37. The SMILES string of the molecule is COC(C)[C@@H]1CCCN1C(=O)CNC(=O)c1ccc2c(c1)-c1ccccc1C2(F)F. The van der Waals surface area contributed by atoms with E-state index in [9.17, 15) is 18.4 Å². The molecule has 1 heterocycles. The fraction of sp³-hybridized carbons (Fsp3) is 0.391. The minimum Gasteiger partial charge on any atom is -0.380 e. The van der Waals surface area contributed by atoms with Crippen molar-refractivity contribution in [2.24, 2.45) is 0 Å². The molecule has 0 radical (unpaired) electrons. The van der Waals surface area contributed by atoms with Gasteiger partial charge < -0.3 is 15.0 Å². The Hall–Kier alpha value is -2.80. The minimum absolute atomic E-state index is 0.00173. The molecule has 0 saturated carbocycles. The lowest BCUT2D eigenvalue weighted by Crippen LogP contribution is -2.46. The Morgan fingerprint density at radius 3 is 2.70 bits per heavy atom. The number of amides is 2. The summed E-state index contributed by atoms with van der Waals surface area (Å²) < 4.78 is 34.7. The second-order valence-corrected chi connectivity index (χ2v) is 7.80. The number of ether oxygens (including phenoxy) is 1. The van der Waals surface area contributed by atoms with Gasteiger partial charge in [-0.1, -0.05) is 30.3 Å². The number of alkyl halides is 2. The van der Waals surface area contributed by atoms with Gasteiger partial charge in [0.1, 0.15) is 0 Å². The number of hydrogen-bond acceptors (Lipinski definition) is 3. The summed E-state index contributed by atoms with van der Waals surface area (Å²) in [6.45, 7) is 2.42. The van der Waals surface area contributed by atoms with Gasteiger partial charge in [0, 0.05) is 30.3 Å². The zero-order valence-electron chi connectivity index (χ0n) is 17.0. The van der Waals surface area contributed by atoms with Crippen LogP contribution in [-0.4, -0.2) is 49.1 Å². The summed E-state index contributed by atoms with van der Waals surface area (Å²) >= 11 is 0. The van der Waals surface area contributed by atoms with E-state index in [0.717, 1.165) is 12.8 Å². The Morgan fingerprint density at radius 1 is 1.20 bits per heavy atom. The molecule has 158 valence electrons. The number of hydrogen-bond donors (Lipinski definition) is 1. The van der Waals surface area contributed by atoms with Crippen LogP contribution in [0.3, 0.4) is 0 Å². The van der Waals surface area contributed by atoms with Gasteiger partial charge in [0.05, 0.1) is 18.7 Å². The first-order valence-electron chi connectivity index (χ1n) is 10.1. The van der Waals surface area contributed by atoms with E-state index in [1.165, 1.54) is 24.3 Å². The zero-order valence-corrected chi connectivity index (χ0v) is 17.0. The molecule has 7 heteroatoms. The maximum Gasteiger partial charge on any atom is 0.299 e. The predicted octanol–water partition coefficient (Wildman–Crippen LogP) is 3.56. The number of benzene rings is 2. The number of halogens is 2. The van der Waals surface area contributed by atoms with Gasteiger partial charge in [-0.3, -0.25) is 9.59 Å². The highest BCUT2D eigenvalue weighted by Crippen LogP contribution is 2.50. The van der Waals surface area contributed by atoms with Crippen molar-refractivity contribution in [2.75, 3.05) is 20.2 Å². The van der Waals surface area contributed by atoms with Gasteiger partial charge in [-0.2, -0.15) is 8.78 Å². The molecular formula is C23H24F2N2O3. The van der Waals surface area contributed by atoms with Crippen LogP contribution in [-0.2, 0) is 15.5 Å². The van der Waals surface area contributed by atoms with Crippen molar-refractivity contribution in [1.82, 2.24) is 10.2 Å². The van der Waals surface area contributed by atoms with Crippen molar-refractivity contribution >= 4 is 11.8 Å². The number of likely N-dealkylation sites (tertiary alicyclic amines) is 1. The van der Waals surface area contributed by atoms with Crippen LogP contribution in [0.2, 0.25) is 0 Å². The molecular weight excluding hydrogens is 390 g/mol. The summed E-state index contributed by atoms with van der Waals surface area (Å²) in [5.74, 6) is -3.72. The summed E-state index contributed by atoms with van der Waals surface area (Å²) in [7, 11) is 1.61. The lowest BCUT2D eigenvalue weighted by molar-refractivity contribution is -0.133. The van der Waals surface area contributed by atoms with E-state index in [4.69, 9.17) is 4.74 Å². The number of fused-ring (bicyclic) bond motifs is 3. The normalized spacial score (nSPS) is 19.9. The molecule has 1 saturated heterocycles. The molecule has 1 aliphatic carbocycles. The summed E-state index contributed by atoms with van der Waals surface area (Å²) in [6, 6.07) is 10.5. The quantitative estimate of drug-likeness (QED) is 0.814. The number of methoxy groups -OCH3 is 1. The standard InChI is InChI=1S/C23H24F2N2O3/c1-14(30-2)20-8-5-11-27(20)21(28)13-26-22(29)15-9-10-19-17(12-15)16-6-3-4-7-18(16)23(19,24)25/h3-4,6-7,9-10,12,14,20H,5,8,11,13H2,1-2H3,(H,26,29)/t14?,20-/m0/s1. The van der Waals surface area contributed by atoms with Crippen molar-refractivity contribution < 1.29 is 23.1 Å². The van der Waals surface area contributed by atoms with Crippen LogP contribution in [0, 0.1) is 0 Å². The van der Waals surface area contributed by atoms with Crippen molar-refractivity contribution in [3.8, 4) is 11.1 Å². The van der Waals surface area contributed by atoms with Gasteiger partial charge >= 0.3 is 0 Å². The smallest absolute Gasteiger partial charge is 0.299 e. The molecule has 1 N–H and O–H groups in total. The van der Waals surface area contributed by atoms with E-state index in [1.807, 2.05) is 6.92 Å². The summed E-state index contributed by atoms with van der Waals surface area (Å²) in [5.41, 5.74) is 0.863. The van der Waals surface area contributed by atoms with E-state index in [0.29, 0.717) is 17.7 Å². The molecule has 2 amide bonds. The number of nitrogens with one attached hydrogen (secondary N) is 1. The van der Waals surface area contributed by atoms with Crippen LogP contribution in [0.1, 0.15) is 41.3 Å². The summed E-state index contributed by atoms with van der Waals surface area (Å²) in [5, 5.41) is 2.63. The van der Waals surface area contributed by atoms with Gasteiger partial charge in [0.2, 0.25) is 5.91 Å². The van der Waals surface area contributed by atoms with E-state index >= 15 is 0 Å². The molecule has 2 atom stereocenters. The van der Waals surface area contributed by atoms with Crippen LogP contribution in [0.5, 0.6) is 0 Å². The number of rotatable bonds is 5. The number of carbonyl (C=O) groups is 2. The Labute approximate surface area is 174 Å². The molecule has 2 aromatic rings. The molecule has 5 nitrogen and oxygen atoms in total. The number of carbonyl (C=O) groups excluding carboxylic acids is 2. The van der Waals surface area contributed by atoms with Gasteiger partial charge in [0.25, 0.3) is 11.8 Å². The molecule has 4 rings (SSSR count). The average molecular weight is 414 g/mol. The predicted molar refractivity (Wildman–Crippen MR) is 108 cm³/mol. The molecule has 0 bridgehead atoms. The van der Waals surface area contributed by atoms with Crippen molar-refractivity contribution in [1.29, 1.82) is 0 Å². The molecule has 1 aliphatic heterocycles. The Balaban J connectivity index is 1.48. The van der Waals surface area contributed by atoms with Crippen molar-refractivity contribution in [3.05, 3.63) is 59.2 Å². The summed E-state index contributed by atoms with van der Waals surface area (Å²) in [6.07, 6.45) is 1.69. The maximum atomic E-state index is 14.7. The Morgan fingerprint density at radius 2 is 1.93 bits per heavy atom. The third-order valence-electron chi connectivity index (χ3n) is 6.11. The van der Waals surface area contributed by atoms with Gasteiger partial charge in [-0.15, -0.1) is 0 Å². The summed E-state index contributed by atoms with van der Waals surface area (Å²) in [4.78, 5) is 27.0. The molecule has 1 fully saturated rings. The zero-order chi connectivity index (χ0) is 21.5. The lowest BCUT2D eigenvalue weighted by atomic mass is 10.0. The fourth-order valence-electron chi connectivity index (χ4n) is 4.43. The molecule has 30 heavy (non-hydrogen) atoms. The third-order valence-corrected chi connectivity index (χ3v) is 6.11. The van der Waals surface area contributed by atoms with E-state index < -0.39 is 11.8 Å². The van der Waals surface area contributed by atoms with Crippen LogP contribution < -0.4 is 5.32 Å². The van der Waals surface area contributed by atoms with Crippen LogP contribution >= 0.6 is 0 Å². The lowest BCUT2D eigenvalue weighted by Gasteiger charge is -2.28. The van der Waals surface area contributed by atoms with Crippen LogP contribution in [0.4, 0.5) is 8.78 Å². The van der Waals surface area contributed by atoms with E-state index in [2.05, 4.69) is 5.32 Å².